The van der Waals surface area contributed by atoms with Gasteiger partial charge in [0.15, 0.2) is 5.60 Å². The molecule has 0 bridgehead atoms. The molecule has 2 saturated heterocycles. The van der Waals surface area contributed by atoms with Crippen LogP contribution >= 0.6 is 0 Å². The van der Waals surface area contributed by atoms with Crippen LogP contribution in [0.15, 0.2) is 85.1 Å². The number of rotatable bonds is 10. The molecule has 0 aliphatic carbocycles. The summed E-state index contributed by atoms with van der Waals surface area (Å²) in [6.07, 6.45) is 6.12. The van der Waals surface area contributed by atoms with Crippen LogP contribution < -0.4 is 9.80 Å². The molecule has 51 heavy (non-hydrogen) atoms. The van der Waals surface area contributed by atoms with E-state index in [0.29, 0.717) is 43.7 Å². The lowest BCUT2D eigenvalue weighted by atomic mass is 9.82. The van der Waals surface area contributed by atoms with Crippen LogP contribution in [0.1, 0.15) is 73.8 Å². The Bertz CT molecular complexity index is 1850. The summed E-state index contributed by atoms with van der Waals surface area (Å²) in [5.41, 5.74) is 2.92. The number of aliphatic hydroxyl groups excluding tert-OH is 1. The average molecular weight is 710 g/mol. The summed E-state index contributed by atoms with van der Waals surface area (Å²) >= 11 is 0. The maximum Gasteiger partial charge on any atom is 0.264 e. The molecule has 1 N–H and O–H groups in total. The fraction of sp³-hybridized carbons (Fsp3) is 0.450. The molecule has 2 fully saturated rings. The predicted molar refractivity (Wildman–Crippen MR) is 198 cm³/mol. The second kappa shape index (κ2) is 14.4. The van der Waals surface area contributed by atoms with Crippen molar-refractivity contribution < 1.29 is 23.5 Å². The molecule has 4 heterocycles. The number of anilines is 2. The molecule has 3 aliphatic rings. The molecule has 2 amide bonds. The molecule has 268 valence electrons. The maximum absolute atomic E-state index is 16.6. The summed E-state index contributed by atoms with van der Waals surface area (Å²) in [5, 5.41) is 18.9. The first-order valence-corrected chi connectivity index (χ1v) is 21.3. The van der Waals surface area contributed by atoms with Crippen LogP contribution in [0.4, 0.5) is 15.5 Å². The number of benzene rings is 3. The van der Waals surface area contributed by atoms with Gasteiger partial charge in [-0.15, -0.1) is 5.10 Å². The molecule has 11 heteroatoms. The van der Waals surface area contributed by atoms with E-state index in [-0.39, 0.29) is 24.3 Å². The van der Waals surface area contributed by atoms with Crippen molar-refractivity contribution in [1.29, 1.82) is 0 Å². The number of amides is 2. The molecule has 9 nitrogen and oxygen atoms in total. The molecule has 1 aromatic heterocycles. The van der Waals surface area contributed by atoms with E-state index in [2.05, 4.69) is 10.3 Å². The summed E-state index contributed by atoms with van der Waals surface area (Å²) in [5.74, 6) is -0.866. The minimum Gasteiger partial charge on any atom is -0.395 e. The van der Waals surface area contributed by atoms with Gasteiger partial charge in [0, 0.05) is 48.4 Å². The van der Waals surface area contributed by atoms with E-state index >= 15 is 4.11 Å². The smallest absolute Gasteiger partial charge is 0.264 e. The average Bonchev–Trinajstić information content (AvgIpc) is 3.77. The molecular formula is C40H48FN5O4Si. The van der Waals surface area contributed by atoms with Crippen LogP contribution in [0.3, 0.4) is 0 Å². The number of fused-ring (bicyclic) bond motifs is 2. The number of aliphatic hydroxyl groups is 1. The monoisotopic (exact) mass is 709 g/mol. The molecule has 7 rings (SSSR count). The number of aromatic nitrogens is 3. The number of carbonyl (C=O) groups excluding carboxylic acids is 2. The van der Waals surface area contributed by atoms with Gasteiger partial charge in [0.2, 0.25) is 14.3 Å². The number of nitrogens with zero attached hydrogens (tertiary/aromatic N) is 5. The van der Waals surface area contributed by atoms with Gasteiger partial charge in [-0.25, -0.2) is 0 Å². The van der Waals surface area contributed by atoms with Crippen LogP contribution in [0.5, 0.6) is 0 Å². The highest BCUT2D eigenvalue weighted by Gasteiger charge is 2.66. The first-order chi connectivity index (χ1) is 24.6. The Balaban J connectivity index is 1.23. The van der Waals surface area contributed by atoms with Crippen molar-refractivity contribution in [2.75, 3.05) is 23.0 Å². The molecule has 1 unspecified atom stereocenters. The van der Waals surface area contributed by atoms with Crippen LogP contribution in [0.25, 0.3) is 0 Å². The maximum atomic E-state index is 16.6. The van der Waals surface area contributed by atoms with E-state index in [1.165, 1.54) is 0 Å². The third kappa shape index (κ3) is 6.67. The molecular weight excluding hydrogens is 662 g/mol. The zero-order valence-corrected chi connectivity index (χ0v) is 30.7. The zero-order chi connectivity index (χ0) is 35.8. The number of aryl methyl sites for hydroxylation is 1. The molecule has 3 aliphatic heterocycles. The van der Waals surface area contributed by atoms with Crippen molar-refractivity contribution in [3.63, 3.8) is 0 Å². The van der Waals surface area contributed by atoms with Crippen LogP contribution in [-0.2, 0) is 33.0 Å². The lowest BCUT2D eigenvalue weighted by Crippen LogP contribution is -2.45. The van der Waals surface area contributed by atoms with Gasteiger partial charge in [-0.1, -0.05) is 85.6 Å². The SMILES string of the molecule is C[C@@H]1[C@@H]([Si](C)(C)F)[C@H](CCn2cc(C(CO)c3ccccc3)nn2)O[C@@]12C(=O)N(Cc1ccccc1)c1ccc(N3CCCCCCC3=O)cc12. The topological polar surface area (TPSA) is 101 Å². The Morgan fingerprint density at radius 3 is 2.45 bits per heavy atom. The van der Waals surface area contributed by atoms with Gasteiger partial charge in [0.1, 0.15) is 0 Å². The number of halogens is 1. The molecule has 1 spiro atoms. The summed E-state index contributed by atoms with van der Waals surface area (Å²) in [6.45, 7) is 6.67. The lowest BCUT2D eigenvalue weighted by molar-refractivity contribution is -0.146. The van der Waals surface area contributed by atoms with Gasteiger partial charge in [0.25, 0.3) is 5.91 Å². The fourth-order valence-electron chi connectivity index (χ4n) is 8.73. The van der Waals surface area contributed by atoms with Crippen LogP contribution in [0, 0.1) is 5.92 Å². The lowest BCUT2D eigenvalue weighted by Gasteiger charge is -2.32. The number of carbonyl (C=O) groups is 2. The van der Waals surface area contributed by atoms with Crippen LogP contribution in [-0.4, -0.2) is 59.6 Å². The number of hydrogen-bond acceptors (Lipinski definition) is 6. The van der Waals surface area contributed by atoms with Crippen molar-refractivity contribution in [3.8, 4) is 0 Å². The van der Waals surface area contributed by atoms with E-state index in [1.54, 1.807) is 22.7 Å². The van der Waals surface area contributed by atoms with Crippen molar-refractivity contribution in [2.45, 2.75) is 94.8 Å². The Hall–Kier alpha value is -4.19. The second-order valence-corrected chi connectivity index (χ2v) is 18.7. The Kier molecular flexibility index (Phi) is 9.97. The third-order valence-corrected chi connectivity index (χ3v) is 13.7. The Morgan fingerprint density at radius 2 is 1.73 bits per heavy atom. The van der Waals surface area contributed by atoms with Gasteiger partial charge in [0.05, 0.1) is 36.6 Å². The Labute approximate surface area is 300 Å². The van der Waals surface area contributed by atoms with Crippen molar-refractivity contribution in [1.82, 2.24) is 15.0 Å². The van der Waals surface area contributed by atoms with Crippen molar-refractivity contribution in [3.05, 3.63) is 107 Å². The molecule has 5 atom stereocenters. The molecule has 4 aromatic rings. The van der Waals surface area contributed by atoms with Gasteiger partial charge >= 0.3 is 0 Å². The zero-order valence-electron chi connectivity index (χ0n) is 29.7. The van der Waals surface area contributed by atoms with Gasteiger partial charge < -0.3 is 23.8 Å². The summed E-state index contributed by atoms with van der Waals surface area (Å²) in [7, 11) is -3.40. The largest absolute Gasteiger partial charge is 0.395 e. The normalized spacial score (nSPS) is 24.5. The highest BCUT2D eigenvalue weighted by atomic mass is 28.4. The van der Waals surface area contributed by atoms with Gasteiger partial charge in [-0.05, 0) is 61.7 Å². The van der Waals surface area contributed by atoms with Gasteiger partial charge in [-0.2, -0.15) is 0 Å². The number of hydrogen-bond donors (Lipinski definition) is 1. The number of ether oxygens (including phenoxy) is 1. The summed E-state index contributed by atoms with van der Waals surface area (Å²) in [4.78, 5) is 32.0. The quantitative estimate of drug-likeness (QED) is 0.139. The molecule has 3 aromatic carbocycles. The van der Waals surface area contributed by atoms with E-state index in [1.807, 2.05) is 96.9 Å². The molecule has 0 saturated carbocycles. The summed E-state index contributed by atoms with van der Waals surface area (Å²) in [6, 6.07) is 25.4. The predicted octanol–water partition coefficient (Wildman–Crippen LogP) is 7.11. The van der Waals surface area contributed by atoms with E-state index in [4.69, 9.17) is 4.74 Å². The standard InChI is InChI=1S/C40H48FN5O4Si/c1-28-38(51(2,3)41)36(21-23-44-26-34(42-43-44)32(27-47)30-16-10-7-11-17-30)50-40(28)33-24-31(45-22-13-5-4-12-18-37(45)48)19-20-35(33)46(39(40)49)25-29-14-8-6-9-15-29/h6-11,14-17,19-20,24,26,28,32,36,38,47H,4-5,12-13,18,21-23,25,27H2,1-3H3/t28-,32?,36+,38-,40+/m1/s1. The first kappa shape index (κ1) is 35.2. The van der Waals surface area contributed by atoms with Gasteiger partial charge in [-0.3, -0.25) is 14.3 Å². The fourth-order valence-corrected chi connectivity index (χ4v) is 11.3. The summed E-state index contributed by atoms with van der Waals surface area (Å²) < 4.78 is 25.3. The molecule has 0 radical (unpaired) electrons. The first-order valence-electron chi connectivity index (χ1n) is 18.3. The Morgan fingerprint density at radius 1 is 1.00 bits per heavy atom. The van der Waals surface area contributed by atoms with Crippen molar-refractivity contribution >= 4 is 31.6 Å². The third-order valence-electron chi connectivity index (χ3n) is 11.2. The van der Waals surface area contributed by atoms with E-state index < -0.39 is 31.6 Å². The second-order valence-electron chi connectivity index (χ2n) is 14.9. The highest BCUT2D eigenvalue weighted by molar-refractivity contribution is 6.72. The van der Waals surface area contributed by atoms with E-state index in [9.17, 15) is 14.7 Å². The van der Waals surface area contributed by atoms with Crippen LogP contribution in [0.2, 0.25) is 18.6 Å². The van der Waals surface area contributed by atoms with Crippen molar-refractivity contribution in [2.24, 2.45) is 5.92 Å². The minimum absolute atomic E-state index is 0.0884. The highest BCUT2D eigenvalue weighted by Crippen LogP contribution is 2.60. The van der Waals surface area contributed by atoms with E-state index in [0.717, 1.165) is 48.2 Å². The minimum atomic E-state index is -3.40.